The van der Waals surface area contributed by atoms with Gasteiger partial charge in [-0.1, -0.05) is 34.6 Å². The summed E-state index contributed by atoms with van der Waals surface area (Å²) in [6.07, 6.45) is 4.58. The van der Waals surface area contributed by atoms with Crippen molar-refractivity contribution in [2.45, 2.75) is 53.4 Å². The third kappa shape index (κ3) is 6.37. The van der Waals surface area contributed by atoms with Crippen molar-refractivity contribution in [3.63, 3.8) is 0 Å². The van der Waals surface area contributed by atoms with Crippen molar-refractivity contribution in [2.75, 3.05) is 0 Å². The highest BCUT2D eigenvalue weighted by atomic mass is 16.4. The molecule has 0 saturated heterocycles. The van der Waals surface area contributed by atoms with E-state index in [9.17, 15) is 19.6 Å². The second-order valence-electron chi connectivity index (χ2n) is 7.83. The number of rotatable bonds is 7. The minimum absolute atomic E-state index is 0.0543. The molecule has 0 aliphatic carbocycles. The summed E-state index contributed by atoms with van der Waals surface area (Å²) in [5.41, 5.74) is -1.01. The maximum Gasteiger partial charge on any atom is 0.475 e. The summed E-state index contributed by atoms with van der Waals surface area (Å²) in [5.74, 6) is -1.51. The fourth-order valence-corrected chi connectivity index (χ4v) is 2.27. The van der Waals surface area contributed by atoms with E-state index >= 15 is 0 Å². The Morgan fingerprint density at radius 1 is 1.21 bits per heavy atom. The molecule has 0 bridgehead atoms. The van der Waals surface area contributed by atoms with E-state index in [1.165, 1.54) is 18.6 Å². The van der Waals surface area contributed by atoms with Crippen LogP contribution in [0.5, 0.6) is 0 Å². The third-order valence-corrected chi connectivity index (χ3v) is 3.57. The zero-order valence-corrected chi connectivity index (χ0v) is 14.9. The lowest BCUT2D eigenvalue weighted by Gasteiger charge is -2.30. The number of nitrogens with zero attached hydrogens (tertiary/aromatic N) is 2. The molecule has 1 rings (SSSR count). The Morgan fingerprint density at radius 3 is 2.29 bits per heavy atom. The molecule has 0 fully saturated rings. The van der Waals surface area contributed by atoms with Crippen LogP contribution in [0.1, 0.15) is 57.9 Å². The van der Waals surface area contributed by atoms with Crippen molar-refractivity contribution in [3.05, 3.63) is 24.3 Å². The predicted octanol–water partition coefficient (Wildman–Crippen LogP) is 1.01. The summed E-state index contributed by atoms with van der Waals surface area (Å²) < 4.78 is 0. The molecule has 1 amide bonds. The van der Waals surface area contributed by atoms with Crippen molar-refractivity contribution >= 4 is 18.8 Å². The first-order valence-electron chi connectivity index (χ1n) is 7.89. The zero-order valence-electron chi connectivity index (χ0n) is 14.9. The van der Waals surface area contributed by atoms with Gasteiger partial charge in [-0.05, 0) is 11.8 Å². The molecular weight excluding hydrogens is 309 g/mol. The smallest absolute Gasteiger partial charge is 0.426 e. The van der Waals surface area contributed by atoms with Gasteiger partial charge in [0.2, 0.25) is 5.91 Å². The second-order valence-corrected chi connectivity index (χ2v) is 7.83. The molecule has 24 heavy (non-hydrogen) atoms. The average Bonchev–Trinajstić information content (AvgIpc) is 2.45. The molecule has 0 unspecified atom stereocenters. The SMILES string of the molecule is CC(C)(C)C[C@H](NC(=O)C(C)(C)CC(=O)c1cnccn1)B(O)O. The average molecular weight is 335 g/mol. The van der Waals surface area contributed by atoms with Gasteiger partial charge < -0.3 is 15.4 Å². The van der Waals surface area contributed by atoms with Crippen LogP contribution in [0.15, 0.2) is 18.6 Å². The Morgan fingerprint density at radius 2 is 1.83 bits per heavy atom. The second kappa shape index (κ2) is 7.85. The highest BCUT2D eigenvalue weighted by molar-refractivity contribution is 6.43. The molecule has 1 aromatic rings. The lowest BCUT2D eigenvalue weighted by Crippen LogP contribution is -2.52. The quantitative estimate of drug-likeness (QED) is 0.506. The Balaban J connectivity index is 2.78. The summed E-state index contributed by atoms with van der Waals surface area (Å²) in [4.78, 5) is 32.5. The van der Waals surface area contributed by atoms with E-state index in [1.54, 1.807) is 13.8 Å². The normalized spacial score (nSPS) is 13.3. The summed E-state index contributed by atoms with van der Waals surface area (Å²) in [7, 11) is -1.67. The molecular formula is C16H26BN3O4. The van der Waals surface area contributed by atoms with Crippen LogP contribution < -0.4 is 5.32 Å². The van der Waals surface area contributed by atoms with E-state index in [0.29, 0.717) is 6.42 Å². The number of ketones is 1. The fraction of sp³-hybridized carbons (Fsp3) is 0.625. The van der Waals surface area contributed by atoms with E-state index in [-0.39, 0.29) is 23.3 Å². The molecule has 8 heteroatoms. The first kappa shape index (κ1) is 20.2. The van der Waals surface area contributed by atoms with Crippen molar-refractivity contribution < 1.29 is 19.6 Å². The van der Waals surface area contributed by atoms with Crippen LogP contribution in [-0.2, 0) is 4.79 Å². The van der Waals surface area contributed by atoms with Gasteiger partial charge in [-0.15, -0.1) is 0 Å². The molecule has 0 aromatic carbocycles. The molecule has 0 radical (unpaired) electrons. The van der Waals surface area contributed by atoms with Gasteiger partial charge in [0.05, 0.1) is 17.6 Å². The molecule has 0 saturated carbocycles. The van der Waals surface area contributed by atoms with Crippen molar-refractivity contribution in [3.8, 4) is 0 Å². The van der Waals surface area contributed by atoms with E-state index in [1.807, 2.05) is 20.8 Å². The van der Waals surface area contributed by atoms with Gasteiger partial charge in [0.1, 0.15) is 5.69 Å². The Bertz CT molecular complexity index is 570. The Hall–Kier alpha value is -1.80. The van der Waals surface area contributed by atoms with E-state index in [2.05, 4.69) is 15.3 Å². The highest BCUT2D eigenvalue weighted by Gasteiger charge is 2.36. The Labute approximate surface area is 143 Å². The minimum Gasteiger partial charge on any atom is -0.426 e. The number of Topliss-reactive ketones (excluding diaryl/α,β-unsaturated/α-hetero) is 1. The summed E-state index contributed by atoms with van der Waals surface area (Å²) in [6.45, 7) is 9.09. The first-order chi connectivity index (χ1) is 10.9. The summed E-state index contributed by atoms with van der Waals surface area (Å²) >= 11 is 0. The number of amides is 1. The van der Waals surface area contributed by atoms with Crippen LogP contribution in [0.3, 0.4) is 0 Å². The number of hydrogen-bond donors (Lipinski definition) is 3. The van der Waals surface area contributed by atoms with Crippen LogP contribution in [0.25, 0.3) is 0 Å². The zero-order chi connectivity index (χ0) is 18.5. The molecule has 7 nitrogen and oxygen atoms in total. The van der Waals surface area contributed by atoms with Gasteiger partial charge >= 0.3 is 7.12 Å². The molecule has 3 N–H and O–H groups in total. The van der Waals surface area contributed by atoms with Gasteiger partial charge in [0.15, 0.2) is 5.78 Å². The van der Waals surface area contributed by atoms with E-state index in [0.717, 1.165) is 0 Å². The molecule has 1 heterocycles. The molecule has 0 spiro atoms. The van der Waals surface area contributed by atoms with E-state index in [4.69, 9.17) is 0 Å². The lowest BCUT2D eigenvalue weighted by atomic mass is 9.70. The number of hydrogen-bond acceptors (Lipinski definition) is 6. The maximum absolute atomic E-state index is 12.5. The molecule has 1 aromatic heterocycles. The van der Waals surface area contributed by atoms with E-state index < -0.39 is 24.4 Å². The molecule has 132 valence electrons. The van der Waals surface area contributed by atoms with Crippen LogP contribution >= 0.6 is 0 Å². The third-order valence-electron chi connectivity index (χ3n) is 3.57. The van der Waals surface area contributed by atoms with Crippen molar-refractivity contribution in [1.82, 2.24) is 15.3 Å². The largest absolute Gasteiger partial charge is 0.475 e. The number of carbonyl (C=O) groups is 2. The van der Waals surface area contributed by atoms with Gasteiger partial charge in [-0.3, -0.25) is 14.6 Å². The summed E-state index contributed by atoms with van der Waals surface area (Å²) in [5, 5.41) is 21.7. The van der Waals surface area contributed by atoms with Gasteiger partial charge in [0, 0.05) is 18.8 Å². The molecule has 0 aliphatic rings. The van der Waals surface area contributed by atoms with Crippen LogP contribution in [0.4, 0.5) is 0 Å². The topological polar surface area (TPSA) is 112 Å². The Kier molecular flexibility index (Phi) is 6.62. The lowest BCUT2D eigenvalue weighted by molar-refractivity contribution is -0.129. The number of aromatic nitrogens is 2. The van der Waals surface area contributed by atoms with Crippen LogP contribution in [0, 0.1) is 10.8 Å². The fourth-order valence-electron chi connectivity index (χ4n) is 2.27. The maximum atomic E-state index is 12.5. The first-order valence-corrected chi connectivity index (χ1v) is 7.89. The van der Waals surface area contributed by atoms with Crippen molar-refractivity contribution in [1.29, 1.82) is 0 Å². The van der Waals surface area contributed by atoms with Gasteiger partial charge in [0.25, 0.3) is 0 Å². The highest BCUT2D eigenvalue weighted by Crippen LogP contribution is 2.25. The predicted molar refractivity (Wildman–Crippen MR) is 91.0 cm³/mol. The number of carbonyl (C=O) groups excluding carboxylic acids is 2. The summed E-state index contributed by atoms with van der Waals surface area (Å²) in [6, 6.07) is 0. The van der Waals surface area contributed by atoms with Gasteiger partial charge in [-0.2, -0.15) is 0 Å². The van der Waals surface area contributed by atoms with Crippen LogP contribution in [-0.4, -0.2) is 44.8 Å². The monoisotopic (exact) mass is 335 g/mol. The van der Waals surface area contributed by atoms with Crippen molar-refractivity contribution in [2.24, 2.45) is 10.8 Å². The minimum atomic E-state index is -1.67. The standard InChI is InChI=1S/C16H26BN3O4/c1-15(2,3)9-13(17(23)24)20-14(22)16(4,5)8-12(21)11-10-18-6-7-19-11/h6-7,10,13,23-24H,8-9H2,1-5H3,(H,20,22)/t13-/m0/s1. The van der Waals surface area contributed by atoms with Crippen LogP contribution in [0.2, 0.25) is 0 Å². The number of nitrogens with one attached hydrogen (secondary N) is 1. The molecule has 1 atom stereocenters. The van der Waals surface area contributed by atoms with Gasteiger partial charge in [-0.25, -0.2) is 4.98 Å². The molecule has 0 aliphatic heterocycles.